The maximum Gasteiger partial charge on any atom is 0.323 e. The minimum absolute atomic E-state index is 0.147. The molecule has 0 aliphatic rings. The molecular weight excluding hydrogens is 440 g/mol. The fourth-order valence-electron chi connectivity index (χ4n) is 3.68. The van der Waals surface area contributed by atoms with Gasteiger partial charge in [-0.2, -0.15) is 0 Å². The average molecular weight is 473 g/mol. The molecule has 0 atom stereocenters. The molecule has 6 heteroatoms. The third-order valence-corrected chi connectivity index (χ3v) is 5.43. The summed E-state index contributed by atoms with van der Waals surface area (Å²) in [6, 6.07) is 27.2. The molecule has 3 aromatic carbocycles. The van der Waals surface area contributed by atoms with Gasteiger partial charge in [-0.1, -0.05) is 78.9 Å². The molecule has 0 fully saturated rings. The second kappa shape index (κ2) is 13.7. The zero-order chi connectivity index (χ0) is 24.9. The summed E-state index contributed by atoms with van der Waals surface area (Å²) in [7, 11) is 2.08. The molecule has 6 nitrogen and oxygen atoms in total. The minimum Gasteiger partial charge on any atom is -0.493 e. The highest BCUT2D eigenvalue weighted by atomic mass is 16.5. The number of para-hydroxylation sites is 1. The van der Waals surface area contributed by atoms with Gasteiger partial charge in [0.15, 0.2) is 0 Å². The SMILES string of the molecule is CN(CCCOc1ccccc1CN(CC(=O)O)C(=O)/C=C/c1ccccc1)Cc1ccccc1. The molecule has 0 spiro atoms. The minimum atomic E-state index is -1.06. The zero-order valence-corrected chi connectivity index (χ0v) is 20.0. The number of aliphatic carboxylic acids is 1. The van der Waals surface area contributed by atoms with Crippen LogP contribution in [0.2, 0.25) is 0 Å². The van der Waals surface area contributed by atoms with Crippen molar-refractivity contribution < 1.29 is 19.4 Å². The van der Waals surface area contributed by atoms with Crippen molar-refractivity contribution in [2.24, 2.45) is 0 Å². The van der Waals surface area contributed by atoms with Crippen LogP contribution < -0.4 is 4.74 Å². The van der Waals surface area contributed by atoms with Crippen LogP contribution in [-0.2, 0) is 22.7 Å². The van der Waals surface area contributed by atoms with Crippen molar-refractivity contribution in [2.45, 2.75) is 19.5 Å². The lowest BCUT2D eigenvalue weighted by Crippen LogP contribution is -2.34. The maximum absolute atomic E-state index is 12.8. The number of nitrogens with zero attached hydrogens (tertiary/aromatic N) is 2. The number of carbonyl (C=O) groups excluding carboxylic acids is 1. The number of benzene rings is 3. The monoisotopic (exact) mass is 472 g/mol. The molecule has 0 bridgehead atoms. The fraction of sp³-hybridized carbons (Fsp3) is 0.241. The molecule has 35 heavy (non-hydrogen) atoms. The lowest BCUT2D eigenvalue weighted by atomic mass is 10.1. The Balaban J connectivity index is 1.56. The van der Waals surface area contributed by atoms with Crippen LogP contribution in [0.25, 0.3) is 6.08 Å². The Morgan fingerprint density at radius 1 is 0.886 bits per heavy atom. The lowest BCUT2D eigenvalue weighted by Gasteiger charge is -2.21. The van der Waals surface area contributed by atoms with Crippen LogP contribution in [-0.4, -0.2) is 53.5 Å². The highest BCUT2D eigenvalue weighted by molar-refractivity contribution is 5.93. The smallest absolute Gasteiger partial charge is 0.323 e. The zero-order valence-electron chi connectivity index (χ0n) is 20.0. The first-order valence-electron chi connectivity index (χ1n) is 11.7. The third-order valence-electron chi connectivity index (χ3n) is 5.43. The van der Waals surface area contributed by atoms with Crippen molar-refractivity contribution >= 4 is 18.0 Å². The van der Waals surface area contributed by atoms with Gasteiger partial charge >= 0.3 is 5.97 Å². The van der Waals surface area contributed by atoms with Gasteiger partial charge in [-0.3, -0.25) is 9.59 Å². The molecule has 0 saturated heterocycles. The molecule has 182 valence electrons. The van der Waals surface area contributed by atoms with Gasteiger partial charge in [0.2, 0.25) is 5.91 Å². The first-order valence-corrected chi connectivity index (χ1v) is 11.7. The number of rotatable bonds is 13. The van der Waals surface area contributed by atoms with Crippen molar-refractivity contribution in [3.63, 3.8) is 0 Å². The van der Waals surface area contributed by atoms with E-state index in [4.69, 9.17) is 4.74 Å². The normalized spacial score (nSPS) is 11.0. The van der Waals surface area contributed by atoms with E-state index in [1.165, 1.54) is 16.5 Å². The predicted molar refractivity (Wildman–Crippen MR) is 138 cm³/mol. The second-order valence-electron chi connectivity index (χ2n) is 8.37. The van der Waals surface area contributed by atoms with E-state index in [1.54, 1.807) is 6.08 Å². The highest BCUT2D eigenvalue weighted by Gasteiger charge is 2.17. The molecule has 0 unspecified atom stereocenters. The van der Waals surface area contributed by atoms with E-state index in [2.05, 4.69) is 24.1 Å². The van der Waals surface area contributed by atoms with Gasteiger partial charge in [0, 0.05) is 24.7 Å². The molecule has 0 heterocycles. The number of hydrogen-bond donors (Lipinski definition) is 1. The Bertz CT molecular complexity index is 1100. The Morgan fingerprint density at radius 2 is 1.54 bits per heavy atom. The summed E-state index contributed by atoms with van der Waals surface area (Å²) in [6.07, 6.45) is 3.94. The number of carboxylic acid groups (broad SMARTS) is 1. The van der Waals surface area contributed by atoms with Gasteiger partial charge in [-0.25, -0.2) is 0 Å². The van der Waals surface area contributed by atoms with E-state index in [9.17, 15) is 14.7 Å². The summed E-state index contributed by atoms with van der Waals surface area (Å²) in [5, 5.41) is 9.34. The summed E-state index contributed by atoms with van der Waals surface area (Å²) >= 11 is 0. The van der Waals surface area contributed by atoms with Gasteiger partial charge in [-0.15, -0.1) is 0 Å². The number of carbonyl (C=O) groups is 2. The molecule has 1 N–H and O–H groups in total. The van der Waals surface area contributed by atoms with E-state index >= 15 is 0 Å². The van der Waals surface area contributed by atoms with E-state index < -0.39 is 12.5 Å². The summed E-state index contributed by atoms with van der Waals surface area (Å²) in [6.45, 7) is 2.03. The quantitative estimate of drug-likeness (QED) is 0.288. The van der Waals surface area contributed by atoms with Crippen LogP contribution in [0.15, 0.2) is 91.0 Å². The van der Waals surface area contributed by atoms with Crippen LogP contribution in [0.5, 0.6) is 5.75 Å². The fourth-order valence-corrected chi connectivity index (χ4v) is 3.68. The highest BCUT2D eigenvalue weighted by Crippen LogP contribution is 2.20. The Morgan fingerprint density at radius 3 is 2.26 bits per heavy atom. The van der Waals surface area contributed by atoms with Gasteiger partial charge < -0.3 is 19.6 Å². The van der Waals surface area contributed by atoms with E-state index in [0.717, 1.165) is 30.6 Å². The summed E-state index contributed by atoms with van der Waals surface area (Å²) in [5.74, 6) is -0.770. The van der Waals surface area contributed by atoms with Crippen LogP contribution in [0.4, 0.5) is 0 Å². The third kappa shape index (κ3) is 9.10. The molecule has 0 aliphatic carbocycles. The lowest BCUT2D eigenvalue weighted by molar-refractivity contribution is -0.143. The molecule has 3 aromatic rings. The predicted octanol–water partition coefficient (Wildman–Crippen LogP) is 4.71. The molecule has 1 amide bonds. The molecule has 3 rings (SSSR count). The summed E-state index contributed by atoms with van der Waals surface area (Å²) < 4.78 is 6.02. The van der Waals surface area contributed by atoms with Crippen molar-refractivity contribution in [2.75, 3.05) is 26.7 Å². The van der Waals surface area contributed by atoms with Crippen LogP contribution in [0.1, 0.15) is 23.1 Å². The van der Waals surface area contributed by atoms with Crippen molar-refractivity contribution in [3.05, 3.63) is 108 Å². The average Bonchev–Trinajstić information content (AvgIpc) is 2.86. The van der Waals surface area contributed by atoms with E-state index in [0.29, 0.717) is 12.4 Å². The number of ether oxygens (including phenoxy) is 1. The van der Waals surface area contributed by atoms with Crippen LogP contribution in [0.3, 0.4) is 0 Å². The molecule has 0 saturated carbocycles. The standard InChI is InChI=1S/C29H32N2O4/c1-30(21-25-13-6-3-7-14-25)19-10-20-35-27-16-9-8-15-26(27)22-31(23-29(33)34)28(32)18-17-24-11-4-2-5-12-24/h2-9,11-18H,10,19-23H2,1H3,(H,33,34)/b18-17+. The van der Waals surface area contributed by atoms with E-state index in [-0.39, 0.29) is 12.5 Å². The number of hydrogen-bond acceptors (Lipinski definition) is 4. The Kier molecular flexibility index (Phi) is 10.1. The second-order valence-corrected chi connectivity index (χ2v) is 8.37. The number of carboxylic acids is 1. The Labute approximate surface area is 207 Å². The summed E-state index contributed by atoms with van der Waals surface area (Å²) in [4.78, 5) is 27.7. The van der Waals surface area contributed by atoms with E-state index in [1.807, 2.05) is 72.8 Å². The van der Waals surface area contributed by atoms with Gasteiger partial charge in [0.25, 0.3) is 0 Å². The van der Waals surface area contributed by atoms with Crippen molar-refractivity contribution in [1.29, 1.82) is 0 Å². The summed E-state index contributed by atoms with van der Waals surface area (Å²) in [5.41, 5.74) is 2.91. The Hall–Kier alpha value is -3.90. The maximum atomic E-state index is 12.8. The van der Waals surface area contributed by atoms with Crippen LogP contribution >= 0.6 is 0 Å². The van der Waals surface area contributed by atoms with Gasteiger partial charge in [0.05, 0.1) is 13.2 Å². The molecule has 0 aromatic heterocycles. The molecular formula is C29H32N2O4. The topological polar surface area (TPSA) is 70.1 Å². The van der Waals surface area contributed by atoms with Crippen LogP contribution in [0, 0.1) is 0 Å². The number of amides is 1. The molecule has 0 radical (unpaired) electrons. The first-order chi connectivity index (χ1) is 17.0. The molecule has 0 aliphatic heterocycles. The first kappa shape index (κ1) is 25.7. The van der Waals surface area contributed by atoms with Gasteiger partial charge in [0.1, 0.15) is 12.3 Å². The largest absolute Gasteiger partial charge is 0.493 e. The van der Waals surface area contributed by atoms with Crippen molar-refractivity contribution in [1.82, 2.24) is 9.80 Å². The van der Waals surface area contributed by atoms with Gasteiger partial charge in [-0.05, 0) is 36.7 Å². The van der Waals surface area contributed by atoms with Crippen molar-refractivity contribution in [3.8, 4) is 5.75 Å².